The summed E-state index contributed by atoms with van der Waals surface area (Å²) in [7, 11) is 0. The highest BCUT2D eigenvalue weighted by atomic mass is 16.3. The first-order chi connectivity index (χ1) is 30.7. The SMILES string of the molecule is CC(=O)[C@@H](CC(=O)[C@@H]1CCCCNC(=O)C[C@H](NC(=O)CCC(=O)CN)C(=O)N[C@@H](CCCN=C(N)N)C(=O)N[C@@H](Cc2ccccc2)C(=O)NCC(=O)C[C@@H]([C@@H](C)O)C(=O)C1)[C@@H](C)O.[3HH]. The van der Waals surface area contributed by atoms with Gasteiger partial charge in [0.05, 0.1) is 37.6 Å². The zero-order valence-electron chi connectivity index (χ0n) is 37.5. The van der Waals surface area contributed by atoms with Crippen LogP contribution in [-0.4, -0.2) is 131 Å². The normalized spacial score (nSPS) is 22.7. The van der Waals surface area contributed by atoms with Gasteiger partial charge in [0, 0.05) is 64.9 Å². The molecule has 5 amide bonds. The van der Waals surface area contributed by atoms with E-state index in [0.717, 1.165) is 0 Å². The number of amides is 5. The van der Waals surface area contributed by atoms with Gasteiger partial charge >= 0.3 is 0 Å². The van der Waals surface area contributed by atoms with Crippen LogP contribution < -0.4 is 43.8 Å². The number of nitrogens with two attached hydrogens (primary N) is 3. The second-order valence-electron chi connectivity index (χ2n) is 16.5. The van der Waals surface area contributed by atoms with Crippen molar-refractivity contribution in [2.75, 3.05) is 26.2 Å². The minimum Gasteiger partial charge on any atom is -0.393 e. The predicted octanol–water partition coefficient (Wildman–Crippen LogP) is -1.83. The number of aliphatic imine (C=N–C) groups is 1. The van der Waals surface area contributed by atoms with Crippen molar-refractivity contribution in [3.63, 3.8) is 0 Å². The average molecular weight is 918 g/mol. The molecule has 21 nitrogen and oxygen atoms in total. The Hall–Kier alpha value is -5.93. The maximum absolute atomic E-state index is 14.0. The summed E-state index contributed by atoms with van der Waals surface area (Å²) in [5, 5.41) is 33.7. The molecule has 0 spiro atoms. The van der Waals surface area contributed by atoms with Crippen molar-refractivity contribution in [3.8, 4) is 0 Å². The van der Waals surface area contributed by atoms with E-state index in [-0.39, 0.29) is 84.8 Å². The van der Waals surface area contributed by atoms with E-state index in [1.807, 2.05) is 0 Å². The molecule has 1 fully saturated rings. The molecule has 8 atom stereocenters. The van der Waals surface area contributed by atoms with Gasteiger partial charge in [-0.3, -0.25) is 52.9 Å². The fourth-order valence-corrected chi connectivity index (χ4v) is 7.20. The number of aliphatic hydroxyl groups excluding tert-OH is 2. The lowest BCUT2D eigenvalue weighted by atomic mass is 9.81. The highest BCUT2D eigenvalue weighted by Crippen LogP contribution is 2.25. The van der Waals surface area contributed by atoms with Crippen molar-refractivity contribution in [3.05, 3.63) is 35.9 Å². The molecule has 1 heterocycles. The number of nitrogens with one attached hydrogen (secondary N) is 5. The number of guanidine groups is 1. The molecular formula is C44H69N9O12. The maximum Gasteiger partial charge on any atom is 0.243 e. The molecular weight excluding hydrogens is 847 g/mol. The lowest BCUT2D eigenvalue weighted by molar-refractivity contribution is -0.136. The van der Waals surface area contributed by atoms with E-state index in [4.69, 9.17) is 17.2 Å². The second kappa shape index (κ2) is 28.8. The summed E-state index contributed by atoms with van der Waals surface area (Å²) in [4.78, 5) is 137. The highest BCUT2D eigenvalue weighted by Gasteiger charge is 2.35. The largest absolute Gasteiger partial charge is 0.393 e. The van der Waals surface area contributed by atoms with Crippen LogP contribution in [0.4, 0.5) is 0 Å². The van der Waals surface area contributed by atoms with E-state index in [1.165, 1.54) is 20.8 Å². The van der Waals surface area contributed by atoms with E-state index in [0.29, 0.717) is 5.56 Å². The number of Topliss-reactive ketones (excluding diaryl/α,β-unsaturated/α-hetero) is 5. The third kappa shape index (κ3) is 21.1. The average Bonchev–Trinajstić information content (AvgIpc) is 3.24. The van der Waals surface area contributed by atoms with E-state index >= 15 is 0 Å². The first-order valence-corrected chi connectivity index (χ1v) is 21.9. The van der Waals surface area contributed by atoms with E-state index in [2.05, 4.69) is 31.6 Å². The van der Waals surface area contributed by atoms with Crippen LogP contribution in [0.15, 0.2) is 35.3 Å². The number of benzene rings is 1. The maximum atomic E-state index is 14.0. The third-order valence-corrected chi connectivity index (χ3v) is 11.0. The summed E-state index contributed by atoms with van der Waals surface area (Å²) < 4.78 is 0. The topological polar surface area (TPSA) is 362 Å². The van der Waals surface area contributed by atoms with Crippen molar-refractivity contribution in [1.82, 2.24) is 26.6 Å². The van der Waals surface area contributed by atoms with E-state index < -0.39 is 132 Å². The smallest absolute Gasteiger partial charge is 0.243 e. The minimum atomic E-state index is -1.56. The van der Waals surface area contributed by atoms with Crippen LogP contribution in [0.3, 0.4) is 0 Å². The molecule has 0 radical (unpaired) electrons. The van der Waals surface area contributed by atoms with Gasteiger partial charge < -0.3 is 54.0 Å². The van der Waals surface area contributed by atoms with Crippen LogP contribution >= 0.6 is 0 Å². The number of rotatable bonds is 17. The lowest BCUT2D eigenvalue weighted by Crippen LogP contribution is -2.58. The number of nitrogens with zero attached hydrogens (tertiary/aromatic N) is 1. The van der Waals surface area contributed by atoms with Gasteiger partial charge in [0.1, 0.15) is 41.3 Å². The molecule has 1 aliphatic rings. The fraction of sp³-hybridized carbons (Fsp3) is 0.614. The molecule has 1 saturated heterocycles. The van der Waals surface area contributed by atoms with Crippen LogP contribution in [0.2, 0.25) is 0 Å². The Kier molecular flexibility index (Phi) is 24.4. The van der Waals surface area contributed by atoms with Gasteiger partial charge in [-0.05, 0) is 52.0 Å². The molecule has 13 N–H and O–H groups in total. The quantitative estimate of drug-likeness (QED) is 0.0467. The molecule has 1 aromatic rings. The molecule has 2 rings (SSSR count). The van der Waals surface area contributed by atoms with Crippen LogP contribution in [0.25, 0.3) is 0 Å². The molecule has 0 bridgehead atoms. The van der Waals surface area contributed by atoms with E-state index in [1.54, 1.807) is 30.3 Å². The van der Waals surface area contributed by atoms with Crippen LogP contribution in [0.5, 0.6) is 0 Å². The standard InChI is InChI=1S/C44H67N9O12.H2/c1-25(54)32(26(2)55)21-37(59)29-12-7-8-16-48-40(62)22-36(51-39(61)15-14-30(57)23-45)43(65)52-34(13-9-17-49-44(46)47)42(64)53-35(18-28-10-5-4-6-11-28)41(63)50-24-31(58)20-33(27(3)56)38(60)19-29;/h4-6,10-11,25,27,29,32-36,54,56H,7-9,12-24,45H2,1-3H3,(H,48,62)(H,50,63)(H,51,61)(H,52,65)(H,53,64)(H4,46,47,49);1H/t25-,27-,29-,32+,33+,34+,35+,36+;/m1./s1/i;1+2. The predicted molar refractivity (Wildman–Crippen MR) is 239 cm³/mol. The zero-order chi connectivity index (χ0) is 48.6. The Bertz CT molecular complexity index is 1860. The van der Waals surface area contributed by atoms with Gasteiger partial charge in [-0.1, -0.05) is 36.8 Å². The monoisotopic (exact) mass is 918 g/mol. The van der Waals surface area contributed by atoms with Gasteiger partial charge in [-0.2, -0.15) is 0 Å². The van der Waals surface area contributed by atoms with Crippen LogP contribution in [0, 0.1) is 17.8 Å². The molecule has 0 unspecified atom stereocenters. The lowest BCUT2D eigenvalue weighted by Gasteiger charge is -2.25. The molecule has 0 aromatic heterocycles. The Morgan fingerprint density at radius 2 is 1.55 bits per heavy atom. The van der Waals surface area contributed by atoms with Crippen LogP contribution in [-0.2, 0) is 54.4 Å². The highest BCUT2D eigenvalue weighted by molar-refractivity contribution is 5.98. The molecule has 1 aliphatic heterocycles. The van der Waals surface area contributed by atoms with Gasteiger partial charge in [-0.15, -0.1) is 0 Å². The summed E-state index contributed by atoms with van der Waals surface area (Å²) in [5.41, 5.74) is 16.9. The van der Waals surface area contributed by atoms with Crippen molar-refractivity contribution in [1.29, 1.82) is 0 Å². The summed E-state index contributed by atoms with van der Waals surface area (Å²) in [6.45, 7) is 3.07. The molecule has 362 valence electrons. The summed E-state index contributed by atoms with van der Waals surface area (Å²) in [6, 6.07) is 4.28. The number of hydrogen-bond acceptors (Lipinski definition) is 14. The van der Waals surface area contributed by atoms with Crippen molar-refractivity contribution >= 4 is 64.4 Å². The molecule has 21 heteroatoms. The molecule has 0 saturated carbocycles. The Balaban J connectivity index is 0.0000218. The van der Waals surface area contributed by atoms with Crippen molar-refractivity contribution in [2.24, 2.45) is 39.9 Å². The fourth-order valence-electron chi connectivity index (χ4n) is 7.20. The first kappa shape index (κ1) is 55.2. The first-order valence-electron chi connectivity index (χ1n) is 21.9. The minimum absolute atomic E-state index is 0. The molecule has 0 aliphatic carbocycles. The zero-order valence-corrected chi connectivity index (χ0v) is 37.5. The Morgan fingerprint density at radius 3 is 2.17 bits per heavy atom. The number of ketones is 5. The van der Waals surface area contributed by atoms with Crippen molar-refractivity contribution in [2.45, 2.75) is 128 Å². The summed E-state index contributed by atoms with van der Waals surface area (Å²) in [5.74, 6) is -10.2. The molecule has 65 heavy (non-hydrogen) atoms. The van der Waals surface area contributed by atoms with Gasteiger partial charge in [0.15, 0.2) is 11.7 Å². The number of carbonyl (C=O) groups is 10. The third-order valence-electron chi connectivity index (χ3n) is 11.0. The van der Waals surface area contributed by atoms with Crippen molar-refractivity contribution < 1.29 is 59.6 Å². The number of aliphatic hydroxyl groups is 2. The summed E-state index contributed by atoms with van der Waals surface area (Å²) in [6.07, 6.45) is -4.36. The van der Waals surface area contributed by atoms with Gasteiger partial charge in [0.25, 0.3) is 0 Å². The van der Waals surface area contributed by atoms with Gasteiger partial charge in [0.2, 0.25) is 29.5 Å². The summed E-state index contributed by atoms with van der Waals surface area (Å²) >= 11 is 0. The van der Waals surface area contributed by atoms with Crippen LogP contribution in [0.1, 0.15) is 98.4 Å². The number of carbonyl (C=O) groups excluding carboxylic acids is 10. The van der Waals surface area contributed by atoms with Gasteiger partial charge in [-0.25, -0.2) is 0 Å². The Labute approximate surface area is 380 Å². The molecule has 1 aromatic carbocycles. The van der Waals surface area contributed by atoms with E-state index in [9.17, 15) is 58.2 Å². The Morgan fingerprint density at radius 1 is 0.877 bits per heavy atom. The second-order valence-corrected chi connectivity index (χ2v) is 16.5. The number of hydrogen-bond donors (Lipinski definition) is 10.